The van der Waals surface area contributed by atoms with Crippen molar-refractivity contribution in [3.8, 4) is 0 Å². The fourth-order valence-electron chi connectivity index (χ4n) is 1.35. The standard InChI is InChI=1S/C11H12FN5OS/c1-17-11(14-15-16-17)19-7-6-10(18)13-9-5-3-2-4-8(9)12/h2-5H,6-7H2,1H3,(H,13,18). The van der Waals surface area contributed by atoms with Crippen molar-refractivity contribution in [3.63, 3.8) is 0 Å². The van der Waals surface area contributed by atoms with Crippen LogP contribution >= 0.6 is 11.8 Å². The molecule has 0 saturated heterocycles. The Bertz CT molecular complexity index is 574. The van der Waals surface area contributed by atoms with E-state index in [1.165, 1.54) is 28.6 Å². The Morgan fingerprint density at radius 2 is 2.26 bits per heavy atom. The molecule has 1 aromatic carbocycles. The number of thioether (sulfide) groups is 1. The third kappa shape index (κ3) is 3.75. The minimum atomic E-state index is -0.444. The molecule has 1 aromatic heterocycles. The summed E-state index contributed by atoms with van der Waals surface area (Å²) in [4.78, 5) is 11.6. The molecule has 8 heteroatoms. The van der Waals surface area contributed by atoms with Gasteiger partial charge < -0.3 is 5.32 Å². The topological polar surface area (TPSA) is 72.7 Å². The van der Waals surface area contributed by atoms with E-state index < -0.39 is 5.82 Å². The molecule has 1 heterocycles. The first kappa shape index (κ1) is 13.5. The van der Waals surface area contributed by atoms with Gasteiger partial charge in [0.25, 0.3) is 0 Å². The number of benzene rings is 1. The second-order valence-corrected chi connectivity index (χ2v) is 4.77. The summed E-state index contributed by atoms with van der Waals surface area (Å²) in [5, 5.41) is 14.1. The van der Waals surface area contributed by atoms with Crippen LogP contribution in [-0.4, -0.2) is 31.9 Å². The van der Waals surface area contributed by atoms with Crippen LogP contribution in [0.1, 0.15) is 6.42 Å². The predicted molar refractivity (Wildman–Crippen MR) is 69.2 cm³/mol. The van der Waals surface area contributed by atoms with Gasteiger partial charge in [0.2, 0.25) is 11.1 Å². The molecule has 6 nitrogen and oxygen atoms in total. The second-order valence-electron chi connectivity index (χ2n) is 3.71. The highest BCUT2D eigenvalue weighted by atomic mass is 32.2. The van der Waals surface area contributed by atoms with Crippen LogP contribution in [0.15, 0.2) is 29.4 Å². The highest BCUT2D eigenvalue weighted by molar-refractivity contribution is 7.99. The number of rotatable bonds is 5. The minimum absolute atomic E-state index is 0.192. The quantitative estimate of drug-likeness (QED) is 0.840. The first-order valence-electron chi connectivity index (χ1n) is 5.56. The van der Waals surface area contributed by atoms with E-state index in [9.17, 15) is 9.18 Å². The summed E-state index contributed by atoms with van der Waals surface area (Å²) < 4.78 is 14.8. The van der Waals surface area contributed by atoms with Gasteiger partial charge in [-0.15, -0.1) is 5.10 Å². The molecule has 0 aliphatic rings. The number of anilines is 1. The zero-order valence-electron chi connectivity index (χ0n) is 10.2. The number of aromatic nitrogens is 4. The lowest BCUT2D eigenvalue weighted by atomic mass is 10.3. The molecule has 2 aromatic rings. The van der Waals surface area contributed by atoms with Crippen molar-refractivity contribution in [1.82, 2.24) is 20.2 Å². The maximum Gasteiger partial charge on any atom is 0.225 e. The van der Waals surface area contributed by atoms with Crippen LogP contribution < -0.4 is 5.32 Å². The highest BCUT2D eigenvalue weighted by Gasteiger charge is 2.08. The van der Waals surface area contributed by atoms with E-state index >= 15 is 0 Å². The van der Waals surface area contributed by atoms with Gasteiger partial charge in [0.1, 0.15) is 5.82 Å². The summed E-state index contributed by atoms with van der Waals surface area (Å²) in [6.07, 6.45) is 0.256. The molecular weight excluding hydrogens is 269 g/mol. The molecule has 0 aliphatic carbocycles. The fraction of sp³-hybridized carbons (Fsp3) is 0.273. The van der Waals surface area contributed by atoms with E-state index in [2.05, 4.69) is 20.8 Å². The van der Waals surface area contributed by atoms with Gasteiger partial charge in [0.15, 0.2) is 0 Å². The summed E-state index contributed by atoms with van der Waals surface area (Å²) in [5.41, 5.74) is 0.192. The van der Waals surface area contributed by atoms with Crippen molar-refractivity contribution in [2.75, 3.05) is 11.1 Å². The van der Waals surface area contributed by atoms with E-state index in [-0.39, 0.29) is 18.0 Å². The normalized spacial score (nSPS) is 10.4. The van der Waals surface area contributed by atoms with Crippen LogP contribution in [0.4, 0.5) is 10.1 Å². The van der Waals surface area contributed by atoms with E-state index in [1.54, 1.807) is 19.2 Å². The Morgan fingerprint density at radius 3 is 2.95 bits per heavy atom. The SMILES string of the molecule is Cn1nnnc1SCCC(=O)Nc1ccccc1F. The number of tetrazole rings is 1. The molecule has 0 fully saturated rings. The minimum Gasteiger partial charge on any atom is -0.324 e. The molecule has 1 N–H and O–H groups in total. The van der Waals surface area contributed by atoms with Crippen molar-refractivity contribution in [2.45, 2.75) is 11.6 Å². The average Bonchev–Trinajstić information content (AvgIpc) is 2.78. The summed E-state index contributed by atoms with van der Waals surface area (Å²) >= 11 is 1.37. The van der Waals surface area contributed by atoms with E-state index in [0.29, 0.717) is 10.9 Å². The fourth-order valence-corrected chi connectivity index (χ4v) is 2.14. The zero-order valence-corrected chi connectivity index (χ0v) is 11.0. The van der Waals surface area contributed by atoms with Gasteiger partial charge in [-0.1, -0.05) is 23.9 Å². The molecule has 0 spiro atoms. The molecule has 0 aliphatic heterocycles. The predicted octanol–water partition coefficient (Wildman–Crippen LogP) is 1.47. The Kier molecular flexibility index (Phi) is 4.45. The summed E-state index contributed by atoms with van der Waals surface area (Å²) in [7, 11) is 1.72. The third-order valence-corrected chi connectivity index (χ3v) is 3.30. The molecule has 19 heavy (non-hydrogen) atoms. The van der Waals surface area contributed by atoms with Crippen LogP contribution in [0.3, 0.4) is 0 Å². The zero-order chi connectivity index (χ0) is 13.7. The van der Waals surface area contributed by atoms with Crippen LogP contribution in [0.5, 0.6) is 0 Å². The molecule has 0 atom stereocenters. The lowest BCUT2D eigenvalue weighted by molar-refractivity contribution is -0.115. The van der Waals surface area contributed by atoms with Crippen molar-refractivity contribution in [3.05, 3.63) is 30.1 Å². The van der Waals surface area contributed by atoms with E-state index in [4.69, 9.17) is 0 Å². The third-order valence-electron chi connectivity index (χ3n) is 2.29. The van der Waals surface area contributed by atoms with Crippen LogP contribution in [0, 0.1) is 5.82 Å². The number of hydrogen-bond acceptors (Lipinski definition) is 5. The monoisotopic (exact) mass is 281 g/mol. The van der Waals surface area contributed by atoms with Gasteiger partial charge in [-0.2, -0.15) is 0 Å². The molecule has 100 valence electrons. The molecule has 1 amide bonds. The molecule has 0 saturated carbocycles. The number of halogens is 1. The average molecular weight is 281 g/mol. The molecule has 2 rings (SSSR count). The molecular formula is C11H12FN5OS. The van der Waals surface area contributed by atoms with Gasteiger partial charge in [0.05, 0.1) is 5.69 Å². The molecule has 0 bridgehead atoms. The Balaban J connectivity index is 1.79. The number of amides is 1. The number of carbonyl (C=O) groups is 1. The van der Waals surface area contributed by atoms with E-state index in [0.717, 1.165) is 0 Å². The van der Waals surface area contributed by atoms with Gasteiger partial charge in [0, 0.05) is 19.2 Å². The Labute approximate surface area is 113 Å². The first-order valence-corrected chi connectivity index (χ1v) is 6.55. The molecule has 0 unspecified atom stereocenters. The largest absolute Gasteiger partial charge is 0.324 e. The maximum atomic E-state index is 13.3. The summed E-state index contributed by atoms with van der Waals surface area (Å²) in [6, 6.07) is 6.06. The van der Waals surface area contributed by atoms with Gasteiger partial charge in [-0.25, -0.2) is 9.07 Å². The lowest BCUT2D eigenvalue weighted by Crippen LogP contribution is -2.13. The Morgan fingerprint density at radius 1 is 1.47 bits per heavy atom. The van der Waals surface area contributed by atoms with Crippen molar-refractivity contribution in [1.29, 1.82) is 0 Å². The second kappa shape index (κ2) is 6.28. The van der Waals surface area contributed by atoms with Crippen molar-refractivity contribution in [2.24, 2.45) is 7.05 Å². The number of nitrogens with zero attached hydrogens (tertiary/aromatic N) is 4. The van der Waals surface area contributed by atoms with Crippen molar-refractivity contribution < 1.29 is 9.18 Å². The lowest BCUT2D eigenvalue weighted by Gasteiger charge is -2.05. The Hall–Kier alpha value is -1.96. The number of para-hydroxylation sites is 1. The van der Waals surface area contributed by atoms with Crippen LogP contribution in [0.2, 0.25) is 0 Å². The number of hydrogen-bond donors (Lipinski definition) is 1. The van der Waals surface area contributed by atoms with Crippen LogP contribution in [-0.2, 0) is 11.8 Å². The maximum absolute atomic E-state index is 13.3. The van der Waals surface area contributed by atoms with Crippen molar-refractivity contribution >= 4 is 23.4 Å². The number of nitrogens with one attached hydrogen (secondary N) is 1. The summed E-state index contributed by atoms with van der Waals surface area (Å²) in [6.45, 7) is 0. The summed E-state index contributed by atoms with van der Waals surface area (Å²) in [5.74, 6) is -0.164. The van der Waals surface area contributed by atoms with Crippen LogP contribution in [0.25, 0.3) is 0 Å². The first-order chi connectivity index (χ1) is 9.16. The molecule has 0 radical (unpaired) electrons. The number of aryl methyl sites for hydroxylation is 1. The van der Waals surface area contributed by atoms with Gasteiger partial charge in [-0.3, -0.25) is 4.79 Å². The highest BCUT2D eigenvalue weighted by Crippen LogP contribution is 2.15. The smallest absolute Gasteiger partial charge is 0.225 e. The van der Waals surface area contributed by atoms with E-state index in [1.807, 2.05) is 0 Å². The van der Waals surface area contributed by atoms with Gasteiger partial charge >= 0.3 is 0 Å². The number of carbonyl (C=O) groups excluding carboxylic acids is 1. The van der Waals surface area contributed by atoms with Gasteiger partial charge in [-0.05, 0) is 22.6 Å².